The Morgan fingerprint density at radius 3 is 2.09 bits per heavy atom. The van der Waals surface area contributed by atoms with Crippen LogP contribution in [0.1, 0.15) is 30.2 Å². The fraction of sp³-hybridized carbons (Fsp3) is 0.279. The number of nitrogens with zero attached hydrogens (tertiary/aromatic N) is 8. The lowest BCUT2D eigenvalue weighted by Gasteiger charge is -2.32. The number of ether oxygens (including phenoxy) is 1. The number of hydrogen-bond acceptors (Lipinski definition) is 10. The predicted molar refractivity (Wildman–Crippen MR) is 220 cm³/mol. The molecule has 1 saturated heterocycles. The van der Waals surface area contributed by atoms with Crippen LogP contribution in [0.4, 0.5) is 5.69 Å². The zero-order valence-corrected chi connectivity index (χ0v) is 33.3. The van der Waals surface area contributed by atoms with E-state index in [-0.39, 0.29) is 35.7 Å². The Bertz CT molecular complexity index is 2830. The van der Waals surface area contributed by atoms with E-state index in [1.807, 2.05) is 92.8 Å². The summed E-state index contributed by atoms with van der Waals surface area (Å²) in [6.45, 7) is 6.32. The van der Waals surface area contributed by atoms with E-state index >= 15 is 4.79 Å². The van der Waals surface area contributed by atoms with Crippen molar-refractivity contribution in [1.82, 2.24) is 34.6 Å². The van der Waals surface area contributed by atoms with E-state index in [0.717, 1.165) is 16.3 Å². The van der Waals surface area contributed by atoms with Gasteiger partial charge in [-0.2, -0.15) is 19.6 Å². The highest BCUT2D eigenvalue weighted by Crippen LogP contribution is 2.60. The molecule has 1 fully saturated rings. The predicted octanol–water partition coefficient (Wildman–Crippen LogP) is 4.65. The van der Waals surface area contributed by atoms with Crippen LogP contribution in [-0.4, -0.2) is 71.4 Å². The zero-order chi connectivity index (χ0) is 40.3. The van der Waals surface area contributed by atoms with Crippen molar-refractivity contribution >= 4 is 41.5 Å². The number of rotatable bonds is 10. The number of aliphatic hydroxyl groups is 1. The number of hydrogen-bond donors (Lipinski definition) is 2. The molecule has 15 heteroatoms. The fourth-order valence-corrected chi connectivity index (χ4v) is 11.6. The van der Waals surface area contributed by atoms with Gasteiger partial charge in [0.05, 0.1) is 58.6 Å². The summed E-state index contributed by atoms with van der Waals surface area (Å²) in [5.41, 5.74) is 1.44. The molecule has 0 saturated carbocycles. The highest BCUT2D eigenvalue weighted by Gasteiger charge is 2.66. The number of aryl methyl sites for hydroxylation is 1. The standard InChI is InChI=1S/C43H42N8O6Si/c1-27-39(58(2,3)56)38(18-20-48-26-31(19-21-52)46-47-48)57-43(27)36-22-33(51-41(54)35-11-7-5-9-30(35)24-45-51)16-17-37(36)49(42(43)55)25-28-12-14-32(15-13-28)50-40(53)34-10-6-4-8-29(34)23-44-50/h4-17,22-24,26-27,38-39,52,56H,18-21,25H2,1-3H3/t27-,38+,39-,43+/m0/s1. The normalized spacial score (nSPS) is 20.5. The summed E-state index contributed by atoms with van der Waals surface area (Å²) in [6.07, 6.45) is 5.43. The molecule has 294 valence electrons. The Balaban J connectivity index is 1.11. The Morgan fingerprint density at radius 2 is 1.45 bits per heavy atom. The molecule has 4 atom stereocenters. The summed E-state index contributed by atoms with van der Waals surface area (Å²) in [6, 6.07) is 27.4. The average molecular weight is 795 g/mol. The van der Waals surface area contributed by atoms with E-state index in [1.54, 1.807) is 46.4 Å². The Kier molecular flexibility index (Phi) is 9.27. The molecule has 2 aliphatic heterocycles. The topological polar surface area (TPSA) is 170 Å². The van der Waals surface area contributed by atoms with Crippen LogP contribution in [0.3, 0.4) is 0 Å². The van der Waals surface area contributed by atoms with Crippen molar-refractivity contribution in [3.63, 3.8) is 0 Å². The first kappa shape index (κ1) is 37.4. The van der Waals surface area contributed by atoms with Crippen molar-refractivity contribution in [3.8, 4) is 11.4 Å². The molecule has 3 aromatic heterocycles. The van der Waals surface area contributed by atoms with Gasteiger partial charge >= 0.3 is 0 Å². The van der Waals surface area contributed by atoms with Gasteiger partial charge in [0.1, 0.15) is 0 Å². The third-order valence-electron chi connectivity index (χ3n) is 11.7. The number of aromatic nitrogens is 7. The lowest BCUT2D eigenvalue weighted by atomic mass is 9.82. The maximum Gasteiger partial charge on any atom is 0.279 e. The minimum absolute atomic E-state index is 0.0382. The molecular formula is C43H42N8O6Si. The van der Waals surface area contributed by atoms with Crippen LogP contribution >= 0.6 is 0 Å². The number of aliphatic hydroxyl groups excluding tert-OH is 1. The van der Waals surface area contributed by atoms with Gasteiger partial charge in [-0.1, -0.05) is 60.7 Å². The number of benzene rings is 4. The van der Waals surface area contributed by atoms with Gasteiger partial charge in [-0.3, -0.25) is 19.1 Å². The molecule has 1 spiro atoms. The van der Waals surface area contributed by atoms with Gasteiger partial charge < -0.3 is 19.5 Å². The van der Waals surface area contributed by atoms with Gasteiger partial charge in [0.25, 0.3) is 17.0 Å². The maximum atomic E-state index is 15.3. The highest BCUT2D eigenvalue weighted by molar-refractivity contribution is 6.71. The first-order chi connectivity index (χ1) is 28.0. The summed E-state index contributed by atoms with van der Waals surface area (Å²) in [5, 5.41) is 29.3. The molecule has 1 amide bonds. The van der Waals surface area contributed by atoms with Crippen molar-refractivity contribution in [2.75, 3.05) is 11.5 Å². The van der Waals surface area contributed by atoms with E-state index in [0.29, 0.717) is 58.5 Å². The van der Waals surface area contributed by atoms with Gasteiger partial charge in [0, 0.05) is 53.6 Å². The molecule has 2 N–H and O–H groups in total. The van der Waals surface area contributed by atoms with Gasteiger partial charge in [-0.25, -0.2) is 0 Å². The first-order valence-electron chi connectivity index (χ1n) is 19.4. The molecule has 58 heavy (non-hydrogen) atoms. The second-order valence-corrected chi connectivity index (χ2v) is 19.7. The van der Waals surface area contributed by atoms with Crippen LogP contribution in [0, 0.1) is 5.92 Å². The van der Waals surface area contributed by atoms with E-state index in [4.69, 9.17) is 4.74 Å². The van der Waals surface area contributed by atoms with E-state index in [2.05, 4.69) is 20.5 Å². The van der Waals surface area contributed by atoms with Crippen molar-refractivity contribution in [2.45, 2.75) is 63.2 Å². The molecule has 0 unspecified atom stereocenters. The van der Waals surface area contributed by atoms with Gasteiger partial charge in [0.2, 0.25) is 0 Å². The van der Waals surface area contributed by atoms with Crippen LogP contribution in [0.15, 0.2) is 119 Å². The van der Waals surface area contributed by atoms with Crippen molar-refractivity contribution in [1.29, 1.82) is 0 Å². The molecule has 7 aromatic rings. The Labute approximate surface area is 333 Å². The summed E-state index contributed by atoms with van der Waals surface area (Å²) in [7, 11) is -2.99. The highest BCUT2D eigenvalue weighted by atomic mass is 28.4. The largest absolute Gasteiger partial charge is 0.432 e. The van der Waals surface area contributed by atoms with Crippen LogP contribution in [0.5, 0.6) is 0 Å². The van der Waals surface area contributed by atoms with E-state index in [9.17, 15) is 19.5 Å². The van der Waals surface area contributed by atoms with Crippen molar-refractivity contribution < 1.29 is 19.4 Å². The van der Waals surface area contributed by atoms with Crippen molar-refractivity contribution in [2.24, 2.45) is 5.92 Å². The smallest absolute Gasteiger partial charge is 0.279 e. The number of anilines is 1. The first-order valence-corrected chi connectivity index (χ1v) is 22.4. The lowest BCUT2D eigenvalue weighted by molar-refractivity contribution is -0.146. The van der Waals surface area contributed by atoms with Gasteiger partial charge in [-0.15, -0.1) is 5.10 Å². The second-order valence-electron chi connectivity index (χ2n) is 15.8. The third kappa shape index (κ3) is 6.18. The van der Waals surface area contributed by atoms with Gasteiger partial charge in [0.15, 0.2) is 13.9 Å². The Morgan fingerprint density at radius 1 is 0.828 bits per heavy atom. The number of amides is 1. The minimum atomic E-state index is -2.99. The third-order valence-corrected chi connectivity index (χ3v) is 14.2. The second kappa shape index (κ2) is 14.4. The van der Waals surface area contributed by atoms with Crippen LogP contribution < -0.4 is 16.0 Å². The molecule has 0 aliphatic carbocycles. The fourth-order valence-electron chi connectivity index (χ4n) is 9.04. The van der Waals surface area contributed by atoms with Crippen LogP contribution in [-0.2, 0) is 34.6 Å². The lowest BCUT2D eigenvalue weighted by Crippen LogP contribution is -2.46. The van der Waals surface area contributed by atoms with E-state index < -0.39 is 25.9 Å². The number of fused-ring (bicyclic) bond motifs is 4. The van der Waals surface area contributed by atoms with Gasteiger partial charge in [-0.05, 0) is 67.5 Å². The SMILES string of the molecule is C[C@H]1[C@H]([Si](C)(C)O)[C@@H](CCn2cc(CCO)nn2)O[C@]12C(=O)N(Cc1ccc(-n3ncc4ccccc4c3=O)cc1)c1ccc(-n3ncc4ccccc4c3=O)cc12. The average Bonchev–Trinajstić information content (AvgIpc) is 3.87. The molecular weight excluding hydrogens is 753 g/mol. The molecule has 2 aliphatic rings. The number of carbonyl (C=O) groups is 1. The number of carbonyl (C=O) groups excluding carboxylic acids is 1. The van der Waals surface area contributed by atoms with Crippen LogP contribution in [0.2, 0.25) is 18.6 Å². The monoisotopic (exact) mass is 794 g/mol. The van der Waals surface area contributed by atoms with Crippen LogP contribution in [0.25, 0.3) is 32.9 Å². The molecule has 0 radical (unpaired) electrons. The molecule has 14 nitrogen and oxygen atoms in total. The summed E-state index contributed by atoms with van der Waals surface area (Å²) in [5.74, 6) is -0.718. The summed E-state index contributed by atoms with van der Waals surface area (Å²) in [4.78, 5) is 56.0. The van der Waals surface area contributed by atoms with Crippen molar-refractivity contribution in [3.05, 3.63) is 147 Å². The summed E-state index contributed by atoms with van der Waals surface area (Å²) >= 11 is 0. The quantitative estimate of drug-likeness (QED) is 0.186. The molecule has 4 aromatic carbocycles. The molecule has 9 rings (SSSR count). The Hall–Kier alpha value is -6.13. The molecule has 0 bridgehead atoms. The maximum absolute atomic E-state index is 15.3. The zero-order valence-electron chi connectivity index (χ0n) is 32.3. The van der Waals surface area contributed by atoms with E-state index in [1.165, 1.54) is 9.36 Å². The minimum Gasteiger partial charge on any atom is -0.432 e. The molecule has 5 heterocycles. The summed E-state index contributed by atoms with van der Waals surface area (Å²) < 4.78 is 11.5.